The van der Waals surface area contributed by atoms with Crippen molar-refractivity contribution in [2.24, 2.45) is 11.8 Å². The average Bonchev–Trinajstić information content (AvgIpc) is 3.18. The fourth-order valence-electron chi connectivity index (χ4n) is 3.58. The van der Waals surface area contributed by atoms with Crippen LogP contribution in [0.4, 0.5) is 0 Å². The van der Waals surface area contributed by atoms with Crippen molar-refractivity contribution in [1.29, 1.82) is 0 Å². The second-order valence-electron chi connectivity index (χ2n) is 6.49. The van der Waals surface area contributed by atoms with Gasteiger partial charge in [-0.05, 0) is 61.1 Å². The van der Waals surface area contributed by atoms with Crippen molar-refractivity contribution in [3.8, 4) is 0 Å². The summed E-state index contributed by atoms with van der Waals surface area (Å²) in [5, 5.41) is 3.76. The Kier molecular flexibility index (Phi) is 3.93. The molecule has 0 heterocycles. The summed E-state index contributed by atoms with van der Waals surface area (Å²) in [6, 6.07) is 9.76. The molecule has 104 valence electrons. The molecular formula is C18H27N. The zero-order chi connectivity index (χ0) is 13.2. The summed E-state index contributed by atoms with van der Waals surface area (Å²) in [6.45, 7) is 5.75. The van der Waals surface area contributed by atoms with E-state index in [-0.39, 0.29) is 0 Å². The molecule has 3 rings (SSSR count). The third-order valence-corrected chi connectivity index (χ3v) is 5.19. The van der Waals surface area contributed by atoms with E-state index >= 15 is 0 Å². The Morgan fingerprint density at radius 2 is 1.89 bits per heavy atom. The van der Waals surface area contributed by atoms with Crippen molar-refractivity contribution < 1.29 is 0 Å². The van der Waals surface area contributed by atoms with Crippen LogP contribution in [0.3, 0.4) is 0 Å². The first-order valence-corrected chi connectivity index (χ1v) is 8.13. The Bertz CT molecular complexity index is 417. The summed E-state index contributed by atoms with van der Waals surface area (Å²) in [5.41, 5.74) is 3.22. The van der Waals surface area contributed by atoms with E-state index in [1.54, 1.807) is 11.1 Å². The third kappa shape index (κ3) is 2.72. The van der Waals surface area contributed by atoms with Crippen LogP contribution in [0.2, 0.25) is 0 Å². The van der Waals surface area contributed by atoms with Gasteiger partial charge in [0, 0.05) is 6.04 Å². The van der Waals surface area contributed by atoms with E-state index in [9.17, 15) is 0 Å². The molecule has 0 aliphatic heterocycles. The molecule has 1 N–H and O–H groups in total. The molecule has 2 aliphatic rings. The quantitative estimate of drug-likeness (QED) is 0.782. The van der Waals surface area contributed by atoms with E-state index < -0.39 is 0 Å². The first-order valence-electron chi connectivity index (χ1n) is 8.13. The average molecular weight is 257 g/mol. The van der Waals surface area contributed by atoms with E-state index in [1.807, 2.05) is 0 Å². The number of hydrogen-bond acceptors (Lipinski definition) is 1. The number of hydrogen-bond donors (Lipinski definition) is 1. The highest BCUT2D eigenvalue weighted by Crippen LogP contribution is 2.46. The summed E-state index contributed by atoms with van der Waals surface area (Å²) in [6.07, 6.45) is 7.09. The van der Waals surface area contributed by atoms with Crippen LogP contribution in [0.15, 0.2) is 24.3 Å². The number of rotatable bonds is 6. The molecule has 0 bridgehead atoms. The Morgan fingerprint density at radius 3 is 2.47 bits per heavy atom. The van der Waals surface area contributed by atoms with Gasteiger partial charge in [0.05, 0.1) is 0 Å². The van der Waals surface area contributed by atoms with Crippen molar-refractivity contribution in [1.82, 2.24) is 5.32 Å². The van der Waals surface area contributed by atoms with Crippen molar-refractivity contribution in [3.05, 3.63) is 35.4 Å². The number of benzene rings is 1. The van der Waals surface area contributed by atoms with Crippen LogP contribution >= 0.6 is 0 Å². The molecule has 0 aromatic heterocycles. The Labute approximate surface area is 117 Å². The van der Waals surface area contributed by atoms with Gasteiger partial charge in [-0.25, -0.2) is 0 Å². The molecule has 1 nitrogen and oxygen atoms in total. The van der Waals surface area contributed by atoms with E-state index in [4.69, 9.17) is 0 Å². The van der Waals surface area contributed by atoms with Crippen LogP contribution < -0.4 is 5.32 Å². The second-order valence-corrected chi connectivity index (χ2v) is 6.49. The van der Waals surface area contributed by atoms with E-state index in [1.165, 1.54) is 32.1 Å². The van der Waals surface area contributed by atoms with Gasteiger partial charge in [0.15, 0.2) is 0 Å². The molecule has 1 heteroatoms. The Morgan fingerprint density at radius 1 is 1.16 bits per heavy atom. The lowest BCUT2D eigenvalue weighted by molar-refractivity contribution is 0.344. The molecule has 1 aromatic rings. The summed E-state index contributed by atoms with van der Waals surface area (Å²) >= 11 is 0. The van der Waals surface area contributed by atoms with Crippen molar-refractivity contribution in [3.63, 3.8) is 0 Å². The third-order valence-electron chi connectivity index (χ3n) is 5.19. The van der Waals surface area contributed by atoms with Crippen LogP contribution in [-0.4, -0.2) is 6.54 Å². The number of nitrogens with one attached hydrogen (secondary N) is 1. The molecule has 2 aliphatic carbocycles. The second kappa shape index (κ2) is 5.66. The van der Waals surface area contributed by atoms with E-state index in [0.29, 0.717) is 6.04 Å². The minimum atomic E-state index is 0.564. The topological polar surface area (TPSA) is 12.0 Å². The van der Waals surface area contributed by atoms with E-state index in [0.717, 1.165) is 24.3 Å². The minimum Gasteiger partial charge on any atom is -0.310 e. The maximum absolute atomic E-state index is 3.76. The first-order chi connectivity index (χ1) is 9.31. The minimum absolute atomic E-state index is 0.564. The van der Waals surface area contributed by atoms with Crippen molar-refractivity contribution >= 4 is 0 Å². The molecule has 0 spiro atoms. The highest BCUT2D eigenvalue weighted by molar-refractivity contribution is 5.34. The fraction of sp³-hybridized carbons (Fsp3) is 0.667. The standard InChI is InChI=1S/C18H27N/c1-3-19-18(13(2)14-11-12-14)17-10-5-4-9-16(17)15-7-6-8-15/h4-5,9-10,13-15,18-19H,3,6-8,11-12H2,1-2H3. The predicted octanol–water partition coefficient (Wildman–Crippen LogP) is 4.65. The van der Waals surface area contributed by atoms with Gasteiger partial charge in [0.2, 0.25) is 0 Å². The lowest BCUT2D eigenvalue weighted by atomic mass is 9.75. The summed E-state index contributed by atoms with van der Waals surface area (Å²) in [7, 11) is 0. The van der Waals surface area contributed by atoms with Gasteiger partial charge < -0.3 is 5.32 Å². The van der Waals surface area contributed by atoms with Gasteiger partial charge in [-0.15, -0.1) is 0 Å². The maximum atomic E-state index is 3.76. The van der Waals surface area contributed by atoms with Crippen LogP contribution in [0.5, 0.6) is 0 Å². The monoisotopic (exact) mass is 257 g/mol. The van der Waals surface area contributed by atoms with Crippen LogP contribution in [0.1, 0.15) is 69.0 Å². The molecule has 0 saturated heterocycles. The molecule has 2 fully saturated rings. The largest absolute Gasteiger partial charge is 0.310 e. The lowest BCUT2D eigenvalue weighted by Gasteiger charge is -2.33. The van der Waals surface area contributed by atoms with E-state index in [2.05, 4.69) is 43.4 Å². The van der Waals surface area contributed by atoms with Crippen LogP contribution in [0.25, 0.3) is 0 Å². The smallest absolute Gasteiger partial charge is 0.0351 e. The van der Waals surface area contributed by atoms with Gasteiger partial charge in [0.25, 0.3) is 0 Å². The molecule has 2 unspecified atom stereocenters. The van der Waals surface area contributed by atoms with Gasteiger partial charge in [-0.1, -0.05) is 44.5 Å². The predicted molar refractivity (Wildman–Crippen MR) is 81.3 cm³/mol. The molecule has 0 radical (unpaired) electrons. The first kappa shape index (κ1) is 13.2. The molecule has 19 heavy (non-hydrogen) atoms. The zero-order valence-electron chi connectivity index (χ0n) is 12.4. The molecule has 2 saturated carbocycles. The highest BCUT2D eigenvalue weighted by atomic mass is 14.9. The van der Waals surface area contributed by atoms with Crippen LogP contribution in [-0.2, 0) is 0 Å². The molecule has 1 aromatic carbocycles. The van der Waals surface area contributed by atoms with Crippen molar-refractivity contribution in [2.45, 2.75) is 57.9 Å². The maximum Gasteiger partial charge on any atom is 0.0351 e. The fourth-order valence-corrected chi connectivity index (χ4v) is 3.58. The summed E-state index contributed by atoms with van der Waals surface area (Å²) in [5.74, 6) is 2.57. The summed E-state index contributed by atoms with van der Waals surface area (Å²) < 4.78 is 0. The van der Waals surface area contributed by atoms with Gasteiger partial charge in [-0.3, -0.25) is 0 Å². The van der Waals surface area contributed by atoms with Gasteiger partial charge >= 0.3 is 0 Å². The Hall–Kier alpha value is -0.820. The zero-order valence-corrected chi connectivity index (χ0v) is 12.4. The Balaban J connectivity index is 1.87. The van der Waals surface area contributed by atoms with Crippen LogP contribution in [0, 0.1) is 11.8 Å². The lowest BCUT2D eigenvalue weighted by Crippen LogP contribution is -2.29. The normalized spacial score (nSPS) is 22.8. The molecule has 0 amide bonds. The van der Waals surface area contributed by atoms with Gasteiger partial charge in [-0.2, -0.15) is 0 Å². The molecular weight excluding hydrogens is 230 g/mol. The summed E-state index contributed by atoms with van der Waals surface area (Å²) in [4.78, 5) is 0. The van der Waals surface area contributed by atoms with Gasteiger partial charge in [0.1, 0.15) is 0 Å². The SMILES string of the molecule is CCNC(c1ccccc1C1CCC1)C(C)C1CC1. The highest BCUT2D eigenvalue weighted by Gasteiger charge is 2.35. The van der Waals surface area contributed by atoms with Crippen molar-refractivity contribution in [2.75, 3.05) is 6.54 Å². The molecule has 2 atom stereocenters.